The van der Waals surface area contributed by atoms with Gasteiger partial charge in [-0.05, 0) is 48.9 Å². The molecule has 1 N–H and O–H groups in total. The first-order valence-electron chi connectivity index (χ1n) is 8.39. The highest BCUT2D eigenvalue weighted by atomic mass is 32.2. The lowest BCUT2D eigenvalue weighted by atomic mass is 10.1. The molecule has 0 aromatic heterocycles. The predicted molar refractivity (Wildman–Crippen MR) is 102 cm³/mol. The van der Waals surface area contributed by atoms with Crippen molar-refractivity contribution in [3.8, 4) is 5.75 Å². The number of Topliss-reactive ketones (excluding diaryl/α,β-unsaturated/α-hetero) is 1. The van der Waals surface area contributed by atoms with Crippen LogP contribution in [0.1, 0.15) is 22.8 Å². The van der Waals surface area contributed by atoms with Gasteiger partial charge >= 0.3 is 12.6 Å². The van der Waals surface area contributed by atoms with E-state index in [9.17, 15) is 26.8 Å². The van der Waals surface area contributed by atoms with Gasteiger partial charge in [-0.2, -0.15) is 8.78 Å². The number of alkyl halides is 2. The van der Waals surface area contributed by atoms with Crippen LogP contribution in [-0.4, -0.2) is 39.1 Å². The summed E-state index contributed by atoms with van der Waals surface area (Å²) in [6, 6.07) is 11.2. The fourth-order valence-corrected chi connectivity index (χ4v) is 2.96. The summed E-state index contributed by atoms with van der Waals surface area (Å²) >= 11 is 0. The molecule has 0 aliphatic heterocycles. The number of hydrogen-bond donors (Lipinski definition) is 1. The molecule has 0 saturated heterocycles. The molecule has 0 spiro atoms. The molecular formula is C19H19F2NO6S. The topological polar surface area (TPSA) is 98.8 Å². The zero-order chi connectivity index (χ0) is 21.6. The monoisotopic (exact) mass is 427 g/mol. The molecule has 0 bridgehead atoms. The molecule has 0 aliphatic rings. The minimum atomic E-state index is -3.43. The summed E-state index contributed by atoms with van der Waals surface area (Å²) in [5, 5.41) is 0. The second-order valence-electron chi connectivity index (χ2n) is 6.15. The number of halogens is 2. The number of sulfonamides is 1. The first-order chi connectivity index (χ1) is 13.5. The molecule has 0 amide bonds. The molecule has 7 nitrogen and oxygen atoms in total. The highest BCUT2D eigenvalue weighted by molar-refractivity contribution is 7.92. The van der Waals surface area contributed by atoms with Gasteiger partial charge in [-0.1, -0.05) is 12.1 Å². The summed E-state index contributed by atoms with van der Waals surface area (Å²) in [5.74, 6) is -1.15. The van der Waals surface area contributed by atoms with Gasteiger partial charge in [-0.3, -0.25) is 14.3 Å². The van der Waals surface area contributed by atoms with Crippen LogP contribution in [0.2, 0.25) is 0 Å². The second kappa shape index (κ2) is 9.46. The van der Waals surface area contributed by atoms with Gasteiger partial charge in [0.15, 0.2) is 6.10 Å². The summed E-state index contributed by atoms with van der Waals surface area (Å²) in [6.45, 7) is -1.52. The number of carbonyl (C=O) groups is 2. The molecule has 0 fully saturated rings. The Morgan fingerprint density at radius 2 is 1.62 bits per heavy atom. The number of benzene rings is 2. The number of nitrogens with one attached hydrogen (secondary N) is 1. The van der Waals surface area contributed by atoms with Crippen molar-refractivity contribution in [2.45, 2.75) is 26.1 Å². The zero-order valence-corrected chi connectivity index (χ0v) is 16.4. The van der Waals surface area contributed by atoms with E-state index in [0.29, 0.717) is 11.3 Å². The molecule has 1 atom stereocenters. The first kappa shape index (κ1) is 22.3. The van der Waals surface area contributed by atoms with E-state index in [1.54, 1.807) is 0 Å². The Hall–Kier alpha value is -3.01. The highest BCUT2D eigenvalue weighted by Gasteiger charge is 2.20. The molecule has 2 rings (SSSR count). The molecule has 10 heteroatoms. The largest absolute Gasteiger partial charge is 0.454 e. The van der Waals surface area contributed by atoms with Gasteiger partial charge in [0, 0.05) is 11.3 Å². The summed E-state index contributed by atoms with van der Waals surface area (Å²) in [7, 11) is -3.43. The third-order valence-electron chi connectivity index (χ3n) is 3.65. The molecule has 156 valence electrons. The van der Waals surface area contributed by atoms with E-state index in [0.717, 1.165) is 6.26 Å². The normalized spacial score (nSPS) is 12.3. The van der Waals surface area contributed by atoms with E-state index in [2.05, 4.69) is 9.46 Å². The Morgan fingerprint density at radius 3 is 2.14 bits per heavy atom. The van der Waals surface area contributed by atoms with Gasteiger partial charge in [0.25, 0.3) is 0 Å². The Labute approximate surface area is 166 Å². The first-order valence-corrected chi connectivity index (χ1v) is 10.3. The van der Waals surface area contributed by atoms with Crippen molar-refractivity contribution in [2.75, 3.05) is 11.0 Å². The van der Waals surface area contributed by atoms with E-state index in [1.807, 2.05) is 0 Å². The average Bonchev–Trinajstić information content (AvgIpc) is 2.61. The molecule has 0 heterocycles. The Balaban J connectivity index is 1.92. The number of anilines is 1. The third kappa shape index (κ3) is 7.49. The van der Waals surface area contributed by atoms with Gasteiger partial charge in [0.05, 0.1) is 12.7 Å². The number of ketones is 1. The van der Waals surface area contributed by atoms with Crippen molar-refractivity contribution in [2.24, 2.45) is 0 Å². The smallest absolute Gasteiger partial charge is 0.387 e. The van der Waals surface area contributed by atoms with Crippen LogP contribution in [0.5, 0.6) is 5.75 Å². The summed E-state index contributed by atoms with van der Waals surface area (Å²) in [6.07, 6.45) is -0.200. The molecule has 0 aliphatic carbocycles. The predicted octanol–water partition coefficient (Wildman–Crippen LogP) is 3.02. The van der Waals surface area contributed by atoms with Crippen LogP contribution in [0.4, 0.5) is 14.5 Å². The van der Waals surface area contributed by atoms with Crippen molar-refractivity contribution in [1.29, 1.82) is 0 Å². The lowest BCUT2D eigenvalue weighted by Crippen LogP contribution is -2.25. The Kier molecular flexibility index (Phi) is 7.27. The molecule has 0 saturated carbocycles. The second-order valence-corrected chi connectivity index (χ2v) is 7.90. The molecular weight excluding hydrogens is 408 g/mol. The van der Waals surface area contributed by atoms with E-state index >= 15 is 0 Å². The fourth-order valence-electron chi connectivity index (χ4n) is 2.40. The van der Waals surface area contributed by atoms with Crippen molar-refractivity contribution in [3.63, 3.8) is 0 Å². The summed E-state index contributed by atoms with van der Waals surface area (Å²) < 4.78 is 58.3. The van der Waals surface area contributed by atoms with E-state index < -0.39 is 34.5 Å². The summed E-state index contributed by atoms with van der Waals surface area (Å²) in [5.41, 5.74) is 1.05. The van der Waals surface area contributed by atoms with Crippen molar-refractivity contribution in [1.82, 2.24) is 0 Å². The van der Waals surface area contributed by atoms with Crippen molar-refractivity contribution in [3.05, 3.63) is 59.7 Å². The number of carbonyl (C=O) groups excluding carboxylic acids is 2. The Morgan fingerprint density at radius 1 is 1.03 bits per heavy atom. The highest BCUT2D eigenvalue weighted by Crippen LogP contribution is 2.17. The van der Waals surface area contributed by atoms with Crippen LogP contribution < -0.4 is 9.46 Å². The van der Waals surface area contributed by atoms with Crippen LogP contribution >= 0.6 is 0 Å². The molecule has 29 heavy (non-hydrogen) atoms. The standard InChI is InChI=1S/C19H19F2NO6S/c1-12(18(24)14-5-7-15(8-6-14)22-29(2,25)26)27-17(23)11-13-3-9-16(10-4-13)28-19(20)21/h3-10,12,19,22H,11H2,1-2H3. The number of hydrogen-bond acceptors (Lipinski definition) is 6. The maximum absolute atomic E-state index is 12.4. The number of rotatable bonds is 9. The minimum Gasteiger partial charge on any atom is -0.454 e. The van der Waals surface area contributed by atoms with Gasteiger partial charge in [-0.25, -0.2) is 8.42 Å². The molecule has 0 radical (unpaired) electrons. The quantitative estimate of drug-likeness (QED) is 0.488. The maximum atomic E-state index is 12.4. The van der Waals surface area contributed by atoms with Crippen LogP contribution in [-0.2, 0) is 26.0 Å². The van der Waals surface area contributed by atoms with E-state index in [1.165, 1.54) is 55.5 Å². The van der Waals surface area contributed by atoms with Crippen LogP contribution in [0, 0.1) is 0 Å². The SMILES string of the molecule is CC(OC(=O)Cc1ccc(OC(F)F)cc1)C(=O)c1ccc(NS(C)(=O)=O)cc1. The maximum Gasteiger partial charge on any atom is 0.387 e. The van der Waals surface area contributed by atoms with Gasteiger partial charge in [0.2, 0.25) is 15.8 Å². The lowest BCUT2D eigenvalue weighted by molar-refractivity contribution is -0.145. The molecule has 1 unspecified atom stereocenters. The van der Waals surface area contributed by atoms with Gasteiger partial charge in [0.1, 0.15) is 5.75 Å². The van der Waals surface area contributed by atoms with Gasteiger partial charge in [-0.15, -0.1) is 0 Å². The third-order valence-corrected chi connectivity index (χ3v) is 4.25. The van der Waals surface area contributed by atoms with Crippen LogP contribution in [0.15, 0.2) is 48.5 Å². The number of ether oxygens (including phenoxy) is 2. The Bertz CT molecular complexity index is 959. The van der Waals surface area contributed by atoms with Crippen LogP contribution in [0.25, 0.3) is 0 Å². The summed E-state index contributed by atoms with van der Waals surface area (Å²) in [4.78, 5) is 24.4. The minimum absolute atomic E-state index is 0.0329. The van der Waals surface area contributed by atoms with Crippen molar-refractivity contribution < 1.29 is 36.3 Å². The number of esters is 1. The van der Waals surface area contributed by atoms with Crippen molar-refractivity contribution >= 4 is 27.5 Å². The molecule has 2 aromatic carbocycles. The van der Waals surface area contributed by atoms with E-state index in [-0.39, 0.29) is 17.7 Å². The lowest BCUT2D eigenvalue weighted by Gasteiger charge is -2.13. The average molecular weight is 427 g/mol. The fraction of sp³-hybridized carbons (Fsp3) is 0.263. The van der Waals surface area contributed by atoms with Gasteiger partial charge < -0.3 is 9.47 Å². The van der Waals surface area contributed by atoms with Crippen LogP contribution in [0.3, 0.4) is 0 Å². The van der Waals surface area contributed by atoms with E-state index in [4.69, 9.17) is 4.74 Å². The zero-order valence-electron chi connectivity index (χ0n) is 15.6. The molecule has 2 aromatic rings.